The van der Waals surface area contributed by atoms with Gasteiger partial charge >= 0.3 is 5.76 Å². The Kier molecular flexibility index (Phi) is 3.31. The van der Waals surface area contributed by atoms with E-state index in [1.807, 2.05) is 25.1 Å². The molecule has 1 heterocycles. The van der Waals surface area contributed by atoms with E-state index in [9.17, 15) is 4.79 Å². The Morgan fingerprint density at radius 2 is 2.29 bits per heavy atom. The van der Waals surface area contributed by atoms with Gasteiger partial charge < -0.3 is 15.5 Å². The number of rotatable bonds is 4. The topological polar surface area (TPSA) is 73.2 Å². The monoisotopic (exact) mass is 235 g/mol. The van der Waals surface area contributed by atoms with Crippen LogP contribution < -0.4 is 16.8 Å². The molecule has 2 rings (SSSR count). The third-order valence-electron chi connectivity index (χ3n) is 2.65. The average Bonchev–Trinajstić information content (AvgIpc) is 2.54. The molecule has 1 aromatic heterocycles. The number of aryl methyl sites for hydroxylation is 1. The molecule has 0 aliphatic carbocycles. The summed E-state index contributed by atoms with van der Waals surface area (Å²) in [6, 6.07) is 5.88. The van der Waals surface area contributed by atoms with E-state index in [4.69, 9.17) is 10.2 Å². The predicted octanol–water partition coefficient (Wildman–Crippen LogP) is 0.568. The van der Waals surface area contributed by atoms with Gasteiger partial charge in [-0.15, -0.1) is 0 Å². The zero-order valence-corrected chi connectivity index (χ0v) is 10.1. The van der Waals surface area contributed by atoms with Gasteiger partial charge in [0.05, 0.1) is 5.52 Å². The Morgan fingerprint density at radius 3 is 3.00 bits per heavy atom. The highest BCUT2D eigenvalue weighted by atomic mass is 16.4. The lowest BCUT2D eigenvalue weighted by molar-refractivity contribution is 0.527. The zero-order valence-electron chi connectivity index (χ0n) is 10.1. The first-order valence-corrected chi connectivity index (χ1v) is 5.62. The third-order valence-corrected chi connectivity index (χ3v) is 2.65. The molecule has 0 aliphatic heterocycles. The first-order valence-electron chi connectivity index (χ1n) is 5.62. The van der Waals surface area contributed by atoms with Gasteiger partial charge in [0.15, 0.2) is 5.58 Å². The summed E-state index contributed by atoms with van der Waals surface area (Å²) in [6.07, 6.45) is 0. The molecule has 0 saturated carbocycles. The molecule has 0 aliphatic rings. The molecule has 5 nitrogen and oxygen atoms in total. The minimum atomic E-state index is -0.333. The second-order valence-electron chi connectivity index (χ2n) is 4.34. The van der Waals surface area contributed by atoms with Crippen LogP contribution >= 0.6 is 0 Å². The Morgan fingerprint density at radius 1 is 1.53 bits per heavy atom. The number of aromatic nitrogens is 1. The van der Waals surface area contributed by atoms with Gasteiger partial charge in [-0.3, -0.25) is 4.57 Å². The minimum absolute atomic E-state index is 0.133. The van der Waals surface area contributed by atoms with Crippen molar-refractivity contribution in [3.05, 3.63) is 34.3 Å². The molecular weight excluding hydrogens is 218 g/mol. The second-order valence-corrected chi connectivity index (χ2v) is 4.34. The zero-order chi connectivity index (χ0) is 12.4. The maximum Gasteiger partial charge on any atom is 0.419 e. The summed E-state index contributed by atoms with van der Waals surface area (Å²) in [6.45, 7) is 3.43. The molecule has 0 fully saturated rings. The van der Waals surface area contributed by atoms with Crippen LogP contribution in [0.15, 0.2) is 27.4 Å². The van der Waals surface area contributed by atoms with E-state index in [1.54, 1.807) is 7.05 Å². The molecule has 5 heteroatoms. The molecule has 92 valence electrons. The fourth-order valence-electron chi connectivity index (χ4n) is 1.73. The number of oxazole rings is 1. The Balaban J connectivity index is 2.18. The van der Waals surface area contributed by atoms with Gasteiger partial charge in [-0.2, -0.15) is 0 Å². The first kappa shape index (κ1) is 11.9. The Labute approximate surface area is 99.2 Å². The van der Waals surface area contributed by atoms with Crippen LogP contribution in [0.25, 0.3) is 11.1 Å². The van der Waals surface area contributed by atoms with Crippen molar-refractivity contribution in [3.63, 3.8) is 0 Å². The standard InChI is InChI=1S/C12H17N3O2/c1-8(13)6-14-7-9-3-4-10-11(5-9)17-12(16)15(10)2/h3-5,8,14H,6-7,13H2,1-2H3. The Bertz CT molecular complexity index is 569. The van der Waals surface area contributed by atoms with Crippen molar-refractivity contribution in [3.8, 4) is 0 Å². The summed E-state index contributed by atoms with van der Waals surface area (Å²) in [5, 5.41) is 3.24. The van der Waals surface area contributed by atoms with E-state index >= 15 is 0 Å². The lowest BCUT2D eigenvalue weighted by Crippen LogP contribution is -2.30. The number of benzene rings is 1. The van der Waals surface area contributed by atoms with Gasteiger partial charge in [0, 0.05) is 26.2 Å². The molecule has 0 amide bonds. The minimum Gasteiger partial charge on any atom is -0.408 e. The van der Waals surface area contributed by atoms with E-state index in [0.29, 0.717) is 5.58 Å². The summed E-state index contributed by atoms with van der Waals surface area (Å²) < 4.78 is 6.62. The maximum atomic E-state index is 11.3. The second kappa shape index (κ2) is 4.73. The van der Waals surface area contributed by atoms with Crippen molar-refractivity contribution in [1.82, 2.24) is 9.88 Å². The molecule has 0 radical (unpaired) electrons. The van der Waals surface area contributed by atoms with Gasteiger partial charge in [0.1, 0.15) is 0 Å². The largest absolute Gasteiger partial charge is 0.419 e. The van der Waals surface area contributed by atoms with Gasteiger partial charge in [0.25, 0.3) is 0 Å². The fraction of sp³-hybridized carbons (Fsp3) is 0.417. The van der Waals surface area contributed by atoms with E-state index in [-0.39, 0.29) is 11.8 Å². The van der Waals surface area contributed by atoms with Crippen molar-refractivity contribution < 1.29 is 4.42 Å². The van der Waals surface area contributed by atoms with Gasteiger partial charge in [-0.1, -0.05) is 6.07 Å². The van der Waals surface area contributed by atoms with Gasteiger partial charge in [-0.25, -0.2) is 4.79 Å². The highest BCUT2D eigenvalue weighted by Crippen LogP contribution is 2.13. The van der Waals surface area contributed by atoms with Gasteiger partial charge in [-0.05, 0) is 24.6 Å². The molecule has 3 N–H and O–H groups in total. The molecule has 0 spiro atoms. The molecule has 0 bridgehead atoms. The lowest BCUT2D eigenvalue weighted by Gasteiger charge is -2.07. The molecule has 2 aromatic rings. The summed E-state index contributed by atoms with van der Waals surface area (Å²) in [4.78, 5) is 11.3. The van der Waals surface area contributed by atoms with Crippen molar-refractivity contribution in [2.45, 2.75) is 19.5 Å². The van der Waals surface area contributed by atoms with E-state index < -0.39 is 0 Å². The van der Waals surface area contributed by atoms with Crippen LogP contribution in [0.1, 0.15) is 12.5 Å². The number of nitrogens with one attached hydrogen (secondary N) is 1. The van der Waals surface area contributed by atoms with Crippen LogP contribution in [0.4, 0.5) is 0 Å². The summed E-state index contributed by atoms with van der Waals surface area (Å²) >= 11 is 0. The van der Waals surface area contributed by atoms with E-state index in [1.165, 1.54) is 4.57 Å². The number of fused-ring (bicyclic) bond motifs is 1. The highest BCUT2D eigenvalue weighted by Gasteiger charge is 2.06. The van der Waals surface area contributed by atoms with Crippen molar-refractivity contribution in [2.24, 2.45) is 12.8 Å². The van der Waals surface area contributed by atoms with Crippen LogP contribution in [0.2, 0.25) is 0 Å². The summed E-state index contributed by atoms with van der Waals surface area (Å²) in [7, 11) is 1.70. The van der Waals surface area contributed by atoms with Crippen LogP contribution in [-0.2, 0) is 13.6 Å². The molecule has 1 aromatic carbocycles. The average molecular weight is 235 g/mol. The number of hydrogen-bond acceptors (Lipinski definition) is 4. The first-order chi connectivity index (χ1) is 8.08. The van der Waals surface area contributed by atoms with Crippen LogP contribution in [-0.4, -0.2) is 17.2 Å². The molecule has 1 unspecified atom stereocenters. The highest BCUT2D eigenvalue weighted by molar-refractivity contribution is 5.73. The van der Waals surface area contributed by atoms with Crippen LogP contribution in [0, 0.1) is 0 Å². The lowest BCUT2D eigenvalue weighted by atomic mass is 10.2. The van der Waals surface area contributed by atoms with E-state index in [0.717, 1.165) is 24.2 Å². The summed E-state index contributed by atoms with van der Waals surface area (Å²) in [5.41, 5.74) is 8.15. The molecule has 17 heavy (non-hydrogen) atoms. The SMILES string of the molecule is CC(N)CNCc1ccc2c(c1)oc(=O)n2C. The number of hydrogen-bond donors (Lipinski definition) is 2. The number of nitrogens with zero attached hydrogens (tertiary/aromatic N) is 1. The smallest absolute Gasteiger partial charge is 0.408 e. The third kappa shape index (κ3) is 2.57. The fourth-order valence-corrected chi connectivity index (χ4v) is 1.73. The maximum absolute atomic E-state index is 11.3. The van der Waals surface area contributed by atoms with E-state index in [2.05, 4.69) is 5.32 Å². The van der Waals surface area contributed by atoms with Crippen molar-refractivity contribution >= 4 is 11.1 Å². The van der Waals surface area contributed by atoms with Crippen molar-refractivity contribution in [1.29, 1.82) is 0 Å². The normalized spacial score (nSPS) is 13.1. The molecule has 0 saturated heterocycles. The number of nitrogens with two attached hydrogens (primary N) is 1. The Hall–Kier alpha value is -1.59. The van der Waals surface area contributed by atoms with Crippen molar-refractivity contribution in [2.75, 3.05) is 6.54 Å². The molecular formula is C12H17N3O2. The van der Waals surface area contributed by atoms with Crippen LogP contribution in [0.3, 0.4) is 0 Å². The molecule has 1 atom stereocenters. The van der Waals surface area contributed by atoms with Crippen LogP contribution in [0.5, 0.6) is 0 Å². The predicted molar refractivity (Wildman–Crippen MR) is 66.8 cm³/mol. The quantitative estimate of drug-likeness (QED) is 0.812. The van der Waals surface area contributed by atoms with Gasteiger partial charge in [0.2, 0.25) is 0 Å². The summed E-state index contributed by atoms with van der Waals surface area (Å²) in [5.74, 6) is -0.333.